The van der Waals surface area contributed by atoms with Gasteiger partial charge in [-0.1, -0.05) is 36.4 Å². The number of carbonyl (C=O) groups is 3. The molecule has 0 amide bonds. The zero-order chi connectivity index (χ0) is 23.4. The highest BCUT2D eigenvalue weighted by Gasteiger charge is 2.19. The van der Waals surface area contributed by atoms with E-state index in [4.69, 9.17) is 14.9 Å². The van der Waals surface area contributed by atoms with Crippen LogP contribution in [-0.2, 0) is 4.79 Å². The standard InChI is InChI=1S/C22H16O5.2CH4O/c1-27-20-5-3-2-4-18(20)21(14-8-10-17(24)11-9-14)19-12-15(22(25)26)6-7-16(19)13-23;2*1-2/h2-13H,1H3,(H,25,26);2*2H,1H3. The maximum Gasteiger partial charge on any atom is 0.335 e. The number of benzene rings is 2. The summed E-state index contributed by atoms with van der Waals surface area (Å²) in [6.45, 7) is 0. The second-order valence-electron chi connectivity index (χ2n) is 5.82. The summed E-state index contributed by atoms with van der Waals surface area (Å²) < 4.78 is 5.46. The zero-order valence-corrected chi connectivity index (χ0v) is 17.4. The van der Waals surface area contributed by atoms with Gasteiger partial charge in [0.2, 0.25) is 0 Å². The molecule has 2 aromatic rings. The molecule has 0 atom stereocenters. The van der Waals surface area contributed by atoms with Crippen molar-refractivity contribution < 1.29 is 34.4 Å². The van der Waals surface area contributed by atoms with Gasteiger partial charge in [0.25, 0.3) is 0 Å². The highest BCUT2D eigenvalue weighted by Crippen LogP contribution is 2.36. The predicted octanol–water partition coefficient (Wildman–Crippen LogP) is 2.92. The average molecular weight is 424 g/mol. The molecule has 2 aromatic carbocycles. The number of aliphatic hydroxyl groups excluding tert-OH is 2. The molecule has 0 spiro atoms. The number of hydrogen-bond donors (Lipinski definition) is 3. The van der Waals surface area contributed by atoms with E-state index in [1.807, 2.05) is 18.2 Å². The smallest absolute Gasteiger partial charge is 0.335 e. The minimum Gasteiger partial charge on any atom is -0.496 e. The van der Waals surface area contributed by atoms with Gasteiger partial charge >= 0.3 is 5.97 Å². The molecule has 1 aliphatic carbocycles. The molecule has 31 heavy (non-hydrogen) atoms. The summed E-state index contributed by atoms with van der Waals surface area (Å²) >= 11 is 0. The molecular weight excluding hydrogens is 400 g/mol. The summed E-state index contributed by atoms with van der Waals surface area (Å²) in [5.41, 5.74) is 2.82. The van der Waals surface area contributed by atoms with Gasteiger partial charge in [0.15, 0.2) is 12.1 Å². The number of rotatable bonds is 5. The van der Waals surface area contributed by atoms with E-state index in [1.165, 1.54) is 37.5 Å². The SMILES string of the molecule is CO.CO.COc1ccccc1C(=C1C=CC(=O)C=C1)c1cc(C(=O)O)ccc1C=O. The molecule has 0 bridgehead atoms. The van der Waals surface area contributed by atoms with Gasteiger partial charge < -0.3 is 20.1 Å². The van der Waals surface area contributed by atoms with Crippen molar-refractivity contribution in [1.29, 1.82) is 0 Å². The van der Waals surface area contributed by atoms with Crippen molar-refractivity contribution in [3.63, 3.8) is 0 Å². The number of carbonyl (C=O) groups excluding carboxylic acids is 2. The molecule has 0 radical (unpaired) electrons. The molecular formula is C24H24O7. The van der Waals surface area contributed by atoms with E-state index in [2.05, 4.69) is 0 Å². The maximum absolute atomic E-state index is 11.6. The minimum atomic E-state index is -1.09. The van der Waals surface area contributed by atoms with E-state index in [0.29, 0.717) is 39.9 Å². The number of methoxy groups -OCH3 is 1. The number of allylic oxidation sites excluding steroid dienone is 5. The first-order valence-corrected chi connectivity index (χ1v) is 9.05. The number of hydrogen-bond acceptors (Lipinski definition) is 6. The Balaban J connectivity index is 0.00000113. The lowest BCUT2D eigenvalue weighted by molar-refractivity contribution is -0.110. The van der Waals surface area contributed by atoms with Crippen molar-refractivity contribution in [1.82, 2.24) is 0 Å². The molecule has 0 saturated heterocycles. The Kier molecular flexibility index (Phi) is 10.3. The topological polar surface area (TPSA) is 121 Å². The largest absolute Gasteiger partial charge is 0.496 e. The molecule has 0 unspecified atom stereocenters. The summed E-state index contributed by atoms with van der Waals surface area (Å²) in [5, 5.41) is 23.4. The van der Waals surface area contributed by atoms with Crippen molar-refractivity contribution in [3.8, 4) is 5.75 Å². The Morgan fingerprint density at radius 2 is 1.52 bits per heavy atom. The van der Waals surface area contributed by atoms with Crippen LogP contribution in [0.1, 0.15) is 31.8 Å². The number of ketones is 1. The van der Waals surface area contributed by atoms with Gasteiger partial charge in [-0.3, -0.25) is 9.59 Å². The van der Waals surface area contributed by atoms with Gasteiger partial charge in [-0.15, -0.1) is 0 Å². The van der Waals surface area contributed by atoms with E-state index < -0.39 is 5.97 Å². The van der Waals surface area contributed by atoms with Crippen LogP contribution in [0.15, 0.2) is 72.3 Å². The van der Waals surface area contributed by atoms with Crippen LogP contribution in [0.3, 0.4) is 0 Å². The summed E-state index contributed by atoms with van der Waals surface area (Å²) in [6, 6.07) is 11.6. The lowest BCUT2D eigenvalue weighted by Crippen LogP contribution is -2.04. The minimum absolute atomic E-state index is 0.0587. The fourth-order valence-electron chi connectivity index (χ4n) is 2.94. The highest BCUT2D eigenvalue weighted by molar-refractivity contribution is 6.04. The van der Waals surface area contributed by atoms with E-state index in [-0.39, 0.29) is 11.3 Å². The number of aldehydes is 1. The number of ether oxygens (including phenoxy) is 1. The third-order valence-corrected chi connectivity index (χ3v) is 4.22. The van der Waals surface area contributed by atoms with Crippen molar-refractivity contribution in [3.05, 3.63) is 94.6 Å². The number of aliphatic hydroxyl groups is 2. The van der Waals surface area contributed by atoms with E-state index >= 15 is 0 Å². The predicted molar refractivity (Wildman–Crippen MR) is 117 cm³/mol. The quantitative estimate of drug-likeness (QED) is 0.631. The molecule has 0 saturated carbocycles. The van der Waals surface area contributed by atoms with Gasteiger partial charge in [0.1, 0.15) is 5.75 Å². The summed E-state index contributed by atoms with van der Waals surface area (Å²) in [5.74, 6) is -0.674. The number of carboxylic acids is 1. The number of carboxylic acid groups (broad SMARTS) is 1. The molecule has 3 N–H and O–H groups in total. The van der Waals surface area contributed by atoms with Crippen LogP contribution in [0.25, 0.3) is 5.57 Å². The van der Waals surface area contributed by atoms with E-state index in [0.717, 1.165) is 14.2 Å². The average Bonchev–Trinajstić information content (AvgIpc) is 2.83. The first-order valence-electron chi connectivity index (χ1n) is 9.05. The van der Waals surface area contributed by atoms with Crippen LogP contribution in [0.2, 0.25) is 0 Å². The molecule has 0 fully saturated rings. The van der Waals surface area contributed by atoms with Gasteiger partial charge in [0.05, 0.1) is 12.7 Å². The van der Waals surface area contributed by atoms with Crippen molar-refractivity contribution >= 4 is 23.6 Å². The zero-order valence-electron chi connectivity index (χ0n) is 17.4. The summed E-state index contributed by atoms with van der Waals surface area (Å²) in [4.78, 5) is 34.6. The lowest BCUT2D eigenvalue weighted by Gasteiger charge is -2.18. The van der Waals surface area contributed by atoms with Crippen LogP contribution in [0.4, 0.5) is 0 Å². The highest BCUT2D eigenvalue weighted by atomic mass is 16.5. The lowest BCUT2D eigenvalue weighted by atomic mass is 9.87. The Bertz CT molecular complexity index is 1010. The molecule has 7 nitrogen and oxygen atoms in total. The van der Waals surface area contributed by atoms with Crippen LogP contribution in [-0.4, -0.2) is 54.7 Å². The Labute approximate surface area is 180 Å². The third kappa shape index (κ3) is 6.08. The summed E-state index contributed by atoms with van der Waals surface area (Å²) in [6.07, 6.45) is 6.81. The third-order valence-electron chi connectivity index (χ3n) is 4.22. The van der Waals surface area contributed by atoms with Gasteiger partial charge in [-0.05, 0) is 41.5 Å². The second kappa shape index (κ2) is 12.7. The van der Waals surface area contributed by atoms with Gasteiger partial charge in [-0.25, -0.2) is 4.79 Å². The molecule has 3 rings (SSSR count). The maximum atomic E-state index is 11.6. The normalized spacial score (nSPS) is 11.5. The molecule has 0 heterocycles. The Morgan fingerprint density at radius 1 is 0.903 bits per heavy atom. The fourth-order valence-corrected chi connectivity index (χ4v) is 2.94. The van der Waals surface area contributed by atoms with Crippen molar-refractivity contribution in [2.75, 3.05) is 21.3 Å². The van der Waals surface area contributed by atoms with E-state index in [9.17, 15) is 19.5 Å². The number of para-hydroxylation sites is 1. The molecule has 7 heteroatoms. The first kappa shape index (κ1) is 25.2. The van der Waals surface area contributed by atoms with Crippen LogP contribution >= 0.6 is 0 Å². The number of aromatic carboxylic acids is 1. The van der Waals surface area contributed by atoms with Crippen LogP contribution < -0.4 is 4.74 Å². The van der Waals surface area contributed by atoms with Crippen molar-refractivity contribution in [2.24, 2.45) is 0 Å². The van der Waals surface area contributed by atoms with Crippen LogP contribution in [0.5, 0.6) is 5.75 Å². The monoisotopic (exact) mass is 424 g/mol. The fraction of sp³-hybridized carbons (Fsp3) is 0.125. The van der Waals surface area contributed by atoms with Crippen molar-refractivity contribution in [2.45, 2.75) is 0 Å². The Hall–Kier alpha value is -3.81. The van der Waals surface area contributed by atoms with Gasteiger partial charge in [-0.2, -0.15) is 0 Å². The summed E-state index contributed by atoms with van der Waals surface area (Å²) in [7, 11) is 3.53. The molecule has 0 aliphatic heterocycles. The molecule has 162 valence electrons. The Morgan fingerprint density at radius 3 is 2.06 bits per heavy atom. The molecule has 1 aliphatic rings. The van der Waals surface area contributed by atoms with E-state index in [1.54, 1.807) is 18.2 Å². The first-order chi connectivity index (χ1) is 15.0. The van der Waals surface area contributed by atoms with Gasteiger partial charge in [0, 0.05) is 30.9 Å². The van der Waals surface area contributed by atoms with Crippen LogP contribution in [0, 0.1) is 0 Å². The molecule has 0 aromatic heterocycles. The second-order valence-corrected chi connectivity index (χ2v) is 5.82.